The first-order valence-electron chi connectivity index (χ1n) is 12.6. The second-order valence-electron chi connectivity index (χ2n) is 9.05. The lowest BCUT2D eigenvalue weighted by molar-refractivity contribution is 0.0366. The van der Waals surface area contributed by atoms with E-state index in [1.165, 1.54) is 17.0 Å². The SMILES string of the molecule is C[C@H](O)c1cc(=O)c(OC(c2ccccc2)c2ccccc2)cn1OC(c1ccccc1)c1ccccc1. The van der Waals surface area contributed by atoms with Crippen molar-refractivity contribution in [1.29, 1.82) is 0 Å². The Morgan fingerprint density at radius 3 is 1.42 bits per heavy atom. The number of aliphatic hydroxyl groups excluding tert-OH is 1. The molecule has 0 aliphatic carbocycles. The first-order chi connectivity index (χ1) is 18.6. The van der Waals surface area contributed by atoms with Crippen LogP contribution in [0.5, 0.6) is 5.75 Å². The van der Waals surface area contributed by atoms with Crippen molar-refractivity contribution in [3.8, 4) is 5.75 Å². The first kappa shape index (κ1) is 25.1. The third-order valence-electron chi connectivity index (χ3n) is 6.31. The first-order valence-corrected chi connectivity index (χ1v) is 12.6. The van der Waals surface area contributed by atoms with Gasteiger partial charge in [0.05, 0.1) is 18.0 Å². The number of pyridine rings is 1. The van der Waals surface area contributed by atoms with Crippen LogP contribution in [0.25, 0.3) is 0 Å². The fourth-order valence-corrected chi connectivity index (χ4v) is 4.39. The summed E-state index contributed by atoms with van der Waals surface area (Å²) >= 11 is 0. The van der Waals surface area contributed by atoms with E-state index in [1.54, 1.807) is 6.92 Å². The Bertz CT molecular complexity index is 1420. The summed E-state index contributed by atoms with van der Waals surface area (Å²) in [4.78, 5) is 19.7. The van der Waals surface area contributed by atoms with Crippen LogP contribution in [0.1, 0.15) is 53.2 Å². The molecule has 0 amide bonds. The van der Waals surface area contributed by atoms with Gasteiger partial charge in [-0.05, 0) is 29.2 Å². The normalized spacial score (nSPS) is 11.9. The van der Waals surface area contributed by atoms with Gasteiger partial charge in [0.25, 0.3) is 0 Å². The van der Waals surface area contributed by atoms with Crippen LogP contribution in [0.3, 0.4) is 0 Å². The Kier molecular flexibility index (Phi) is 7.67. The summed E-state index contributed by atoms with van der Waals surface area (Å²) in [5, 5.41) is 10.5. The van der Waals surface area contributed by atoms with Gasteiger partial charge >= 0.3 is 0 Å². The molecule has 4 aromatic carbocycles. The zero-order chi connectivity index (χ0) is 26.3. The molecule has 0 saturated heterocycles. The van der Waals surface area contributed by atoms with E-state index in [2.05, 4.69) is 0 Å². The van der Waals surface area contributed by atoms with E-state index in [0.717, 1.165) is 22.3 Å². The number of ether oxygens (including phenoxy) is 1. The highest BCUT2D eigenvalue weighted by Gasteiger charge is 2.22. The van der Waals surface area contributed by atoms with Gasteiger partial charge in [0.2, 0.25) is 5.43 Å². The molecule has 190 valence electrons. The minimum Gasteiger partial charge on any atom is -0.475 e. The molecule has 5 rings (SSSR count). The summed E-state index contributed by atoms with van der Waals surface area (Å²) in [6, 6.07) is 40.6. The Morgan fingerprint density at radius 2 is 1.03 bits per heavy atom. The molecular weight excluding hydrogens is 474 g/mol. The molecule has 1 heterocycles. The van der Waals surface area contributed by atoms with Gasteiger partial charge in [0.1, 0.15) is 6.10 Å². The van der Waals surface area contributed by atoms with Crippen molar-refractivity contribution in [3.63, 3.8) is 0 Å². The summed E-state index contributed by atoms with van der Waals surface area (Å²) in [5.74, 6) is 0.118. The van der Waals surface area contributed by atoms with Crippen LogP contribution < -0.4 is 15.0 Å². The van der Waals surface area contributed by atoms with E-state index in [9.17, 15) is 9.90 Å². The maximum Gasteiger partial charge on any atom is 0.224 e. The Morgan fingerprint density at radius 1 is 0.632 bits per heavy atom. The Labute approximate surface area is 222 Å². The van der Waals surface area contributed by atoms with Gasteiger partial charge < -0.3 is 14.7 Å². The monoisotopic (exact) mass is 503 g/mol. The molecular formula is C33H29NO4. The lowest BCUT2D eigenvalue weighted by atomic mass is 10.0. The number of nitrogens with zero attached hydrogens (tertiary/aromatic N) is 1. The van der Waals surface area contributed by atoms with Gasteiger partial charge in [-0.3, -0.25) is 4.79 Å². The van der Waals surface area contributed by atoms with E-state index in [1.807, 2.05) is 121 Å². The van der Waals surface area contributed by atoms with Crippen LogP contribution in [0.15, 0.2) is 138 Å². The molecule has 0 fully saturated rings. The second kappa shape index (κ2) is 11.6. The lowest BCUT2D eigenvalue weighted by Crippen LogP contribution is -2.26. The maximum atomic E-state index is 13.2. The number of rotatable bonds is 9. The molecule has 0 spiro atoms. The summed E-state index contributed by atoms with van der Waals surface area (Å²) in [6.45, 7) is 1.60. The number of hydrogen-bond donors (Lipinski definition) is 1. The second-order valence-corrected chi connectivity index (χ2v) is 9.05. The molecule has 5 heteroatoms. The highest BCUT2D eigenvalue weighted by atomic mass is 16.7. The minimum atomic E-state index is -0.942. The Balaban J connectivity index is 1.57. The summed E-state index contributed by atoms with van der Waals surface area (Å²) in [7, 11) is 0. The third kappa shape index (κ3) is 5.69. The fourth-order valence-electron chi connectivity index (χ4n) is 4.39. The van der Waals surface area contributed by atoms with Crippen molar-refractivity contribution < 1.29 is 14.7 Å². The highest BCUT2D eigenvalue weighted by molar-refractivity contribution is 5.34. The van der Waals surface area contributed by atoms with E-state index in [0.29, 0.717) is 5.69 Å². The topological polar surface area (TPSA) is 60.7 Å². The molecule has 5 aromatic rings. The van der Waals surface area contributed by atoms with E-state index < -0.39 is 18.3 Å². The average molecular weight is 504 g/mol. The molecule has 38 heavy (non-hydrogen) atoms. The van der Waals surface area contributed by atoms with Crippen LogP contribution in [0.2, 0.25) is 0 Å². The number of hydrogen-bond acceptors (Lipinski definition) is 4. The van der Waals surface area contributed by atoms with E-state index in [-0.39, 0.29) is 11.2 Å². The summed E-state index contributed by atoms with van der Waals surface area (Å²) in [5.41, 5.74) is 3.68. The van der Waals surface area contributed by atoms with Crippen molar-refractivity contribution >= 4 is 0 Å². The minimum absolute atomic E-state index is 0.118. The van der Waals surface area contributed by atoms with Gasteiger partial charge in [-0.25, -0.2) is 0 Å². The van der Waals surface area contributed by atoms with E-state index in [4.69, 9.17) is 9.57 Å². The zero-order valence-corrected chi connectivity index (χ0v) is 21.1. The van der Waals surface area contributed by atoms with Crippen molar-refractivity contribution in [3.05, 3.63) is 172 Å². The summed E-state index contributed by atoms with van der Waals surface area (Å²) < 4.78 is 7.85. The maximum absolute atomic E-state index is 13.2. The van der Waals surface area contributed by atoms with Gasteiger partial charge in [-0.2, -0.15) is 4.73 Å². The van der Waals surface area contributed by atoms with Crippen molar-refractivity contribution in [2.45, 2.75) is 25.2 Å². The summed E-state index contributed by atoms with van der Waals surface area (Å²) in [6.07, 6.45) is -0.399. The smallest absolute Gasteiger partial charge is 0.224 e. The molecule has 0 saturated carbocycles. The van der Waals surface area contributed by atoms with Gasteiger partial charge in [-0.1, -0.05) is 121 Å². The number of benzene rings is 4. The van der Waals surface area contributed by atoms with Crippen molar-refractivity contribution in [2.24, 2.45) is 0 Å². The van der Waals surface area contributed by atoms with Crippen LogP contribution >= 0.6 is 0 Å². The third-order valence-corrected chi connectivity index (χ3v) is 6.31. The molecule has 5 nitrogen and oxygen atoms in total. The number of aliphatic hydroxyl groups is 1. The molecule has 0 bridgehead atoms. The predicted octanol–water partition coefficient (Wildman–Crippen LogP) is 6.29. The quantitative estimate of drug-likeness (QED) is 0.257. The number of aromatic nitrogens is 1. The van der Waals surface area contributed by atoms with Gasteiger partial charge in [0.15, 0.2) is 11.9 Å². The van der Waals surface area contributed by atoms with Gasteiger partial charge in [0, 0.05) is 6.07 Å². The molecule has 1 N–H and O–H groups in total. The average Bonchev–Trinajstić information content (AvgIpc) is 2.97. The largest absolute Gasteiger partial charge is 0.475 e. The standard InChI is InChI=1S/C33H29NO4/c1-24(35)29-22-30(36)31(37-32(25-14-6-2-7-15-25)26-16-8-3-9-17-26)23-34(29)38-33(27-18-10-4-11-19-27)28-20-12-5-13-21-28/h2-24,32-33,35H,1H3/t24-/m0/s1. The van der Waals surface area contributed by atoms with Crippen LogP contribution in [-0.2, 0) is 0 Å². The molecule has 1 atom stereocenters. The van der Waals surface area contributed by atoms with Crippen molar-refractivity contribution in [2.75, 3.05) is 0 Å². The molecule has 0 aliphatic rings. The highest BCUT2D eigenvalue weighted by Crippen LogP contribution is 2.29. The van der Waals surface area contributed by atoms with Gasteiger partial charge in [-0.15, -0.1) is 0 Å². The van der Waals surface area contributed by atoms with Crippen LogP contribution in [0, 0.1) is 0 Å². The van der Waals surface area contributed by atoms with Crippen molar-refractivity contribution in [1.82, 2.24) is 4.73 Å². The zero-order valence-electron chi connectivity index (χ0n) is 21.1. The molecule has 0 aliphatic heterocycles. The lowest BCUT2D eigenvalue weighted by Gasteiger charge is -2.26. The fraction of sp³-hybridized carbons (Fsp3) is 0.121. The molecule has 0 unspecified atom stereocenters. The van der Waals surface area contributed by atoms with Crippen LogP contribution in [0.4, 0.5) is 0 Å². The van der Waals surface area contributed by atoms with Crippen LogP contribution in [-0.4, -0.2) is 9.84 Å². The predicted molar refractivity (Wildman–Crippen MR) is 148 cm³/mol. The van der Waals surface area contributed by atoms with E-state index >= 15 is 0 Å². The molecule has 1 aromatic heterocycles. The molecule has 0 radical (unpaired) electrons. The Hall–Kier alpha value is -4.61.